The molecule has 0 saturated heterocycles. The maximum atomic E-state index is 14.0. The lowest BCUT2D eigenvalue weighted by molar-refractivity contribution is -0.184. The van der Waals surface area contributed by atoms with Crippen LogP contribution in [0, 0.1) is 34.5 Å². The Morgan fingerprint density at radius 2 is 1.74 bits per heavy atom. The first-order valence-electron chi connectivity index (χ1n) is 15.1. The van der Waals surface area contributed by atoms with Crippen LogP contribution in [0.3, 0.4) is 0 Å². The van der Waals surface area contributed by atoms with Crippen LogP contribution >= 0.6 is 0 Å². The molecule has 4 fully saturated rings. The number of aryl methyl sites for hydroxylation is 1. The Hall–Kier alpha value is -2.20. The molecule has 0 spiro atoms. The van der Waals surface area contributed by atoms with Crippen LogP contribution in [0.1, 0.15) is 89.2 Å². The van der Waals surface area contributed by atoms with Crippen LogP contribution in [0.15, 0.2) is 36.4 Å². The second kappa shape index (κ2) is 8.65. The Morgan fingerprint density at radius 1 is 0.895 bits per heavy atom. The fourth-order valence-electron chi connectivity index (χ4n) is 10.3. The minimum atomic E-state index is -1.02. The molecule has 0 amide bonds. The van der Waals surface area contributed by atoms with Crippen LogP contribution in [0.4, 0.5) is 0 Å². The van der Waals surface area contributed by atoms with E-state index in [9.17, 15) is 9.59 Å². The van der Waals surface area contributed by atoms with Gasteiger partial charge < -0.3 is 9.47 Å². The zero-order chi connectivity index (χ0) is 26.3. The molecule has 202 valence electrons. The van der Waals surface area contributed by atoms with Crippen molar-refractivity contribution in [2.75, 3.05) is 7.11 Å². The van der Waals surface area contributed by atoms with E-state index in [0.29, 0.717) is 41.3 Å². The number of ether oxygens (including phenoxy) is 2. The summed E-state index contributed by atoms with van der Waals surface area (Å²) in [6.07, 6.45) is 11.1. The fourth-order valence-corrected chi connectivity index (χ4v) is 10.3. The molecule has 0 aliphatic heterocycles. The van der Waals surface area contributed by atoms with Crippen molar-refractivity contribution in [2.45, 2.75) is 96.2 Å². The summed E-state index contributed by atoms with van der Waals surface area (Å²) in [6, 6.07) is 12.6. The molecule has 2 aromatic rings. The van der Waals surface area contributed by atoms with Crippen LogP contribution in [0.25, 0.3) is 10.8 Å². The number of fused-ring (bicyclic) bond motifs is 8. The number of ketones is 1. The first-order valence-corrected chi connectivity index (χ1v) is 15.1. The van der Waals surface area contributed by atoms with E-state index in [2.05, 4.69) is 38.1 Å². The summed E-state index contributed by atoms with van der Waals surface area (Å²) in [7, 11) is 1.67. The number of methoxy groups -OCH3 is 1. The molecule has 4 heteroatoms. The van der Waals surface area contributed by atoms with Crippen molar-refractivity contribution in [3.05, 3.63) is 47.5 Å². The maximum absolute atomic E-state index is 14.0. The second-order valence-corrected chi connectivity index (χ2v) is 13.7. The molecular formula is C34H42O4. The quantitative estimate of drug-likeness (QED) is 0.408. The van der Waals surface area contributed by atoms with Crippen LogP contribution in [0.5, 0.6) is 0 Å². The summed E-state index contributed by atoms with van der Waals surface area (Å²) in [4.78, 5) is 26.7. The molecule has 5 aliphatic rings. The third-order valence-electron chi connectivity index (χ3n) is 12.4. The van der Waals surface area contributed by atoms with Gasteiger partial charge in [-0.1, -0.05) is 50.2 Å². The molecule has 0 radical (unpaired) electrons. The molecule has 2 aromatic carbocycles. The van der Waals surface area contributed by atoms with Crippen LogP contribution in [-0.4, -0.2) is 25.0 Å². The lowest BCUT2D eigenvalue weighted by atomic mass is 9.45. The zero-order valence-corrected chi connectivity index (χ0v) is 23.3. The minimum absolute atomic E-state index is 0.0370. The first kappa shape index (κ1) is 24.8. The fraction of sp³-hybridized carbons (Fsp3) is 0.647. The van der Waals surface area contributed by atoms with Gasteiger partial charge in [-0.05, 0) is 110 Å². The number of carbonyl (C=O) groups is 2. The average Bonchev–Trinajstić information content (AvgIpc) is 3.47. The third kappa shape index (κ3) is 3.31. The Bertz CT molecular complexity index is 1300. The summed E-state index contributed by atoms with van der Waals surface area (Å²) in [5, 5.41) is 2.24. The van der Waals surface area contributed by atoms with E-state index < -0.39 is 5.60 Å². The Labute approximate surface area is 226 Å². The molecule has 0 heterocycles. The number of rotatable bonds is 3. The largest absolute Gasteiger partial charge is 0.460 e. The van der Waals surface area contributed by atoms with Gasteiger partial charge in [-0.3, -0.25) is 4.79 Å². The molecular weight excluding hydrogens is 472 g/mol. The second-order valence-electron chi connectivity index (χ2n) is 13.7. The van der Waals surface area contributed by atoms with Crippen molar-refractivity contribution in [2.24, 2.45) is 34.5 Å². The SMILES string of the molecule is CO[C@]1(C(=O)O[C@H]2CC[C@@]3(C)[C@@H](CC[C@@H]4[C@@H]3CC[C@]3(C)C(=O)CC[C@@H]43)C2)CCc2ccc3ccccc3c21. The Balaban J connectivity index is 1.10. The van der Waals surface area contributed by atoms with Gasteiger partial charge in [-0.25, -0.2) is 4.79 Å². The van der Waals surface area contributed by atoms with Gasteiger partial charge in [0.25, 0.3) is 0 Å². The predicted octanol–water partition coefficient (Wildman–Crippen LogP) is 7.15. The van der Waals surface area contributed by atoms with E-state index >= 15 is 0 Å². The van der Waals surface area contributed by atoms with Crippen molar-refractivity contribution in [1.82, 2.24) is 0 Å². The average molecular weight is 515 g/mol. The van der Waals surface area contributed by atoms with E-state index in [-0.39, 0.29) is 17.5 Å². The van der Waals surface area contributed by atoms with E-state index in [4.69, 9.17) is 9.47 Å². The van der Waals surface area contributed by atoms with Gasteiger partial charge in [0.1, 0.15) is 11.9 Å². The van der Waals surface area contributed by atoms with Crippen LogP contribution in [-0.2, 0) is 31.1 Å². The molecule has 8 atom stereocenters. The van der Waals surface area contributed by atoms with Gasteiger partial charge in [-0.2, -0.15) is 0 Å². The predicted molar refractivity (Wildman–Crippen MR) is 148 cm³/mol. The lowest BCUT2D eigenvalue weighted by Gasteiger charge is -2.60. The van der Waals surface area contributed by atoms with Gasteiger partial charge in [0.2, 0.25) is 0 Å². The van der Waals surface area contributed by atoms with E-state index in [1.807, 2.05) is 12.1 Å². The van der Waals surface area contributed by atoms with Gasteiger partial charge >= 0.3 is 5.97 Å². The lowest BCUT2D eigenvalue weighted by Crippen LogP contribution is -2.54. The monoisotopic (exact) mass is 514 g/mol. The van der Waals surface area contributed by atoms with E-state index in [0.717, 1.165) is 61.3 Å². The topological polar surface area (TPSA) is 52.6 Å². The molecule has 5 aliphatic carbocycles. The van der Waals surface area contributed by atoms with Crippen LogP contribution in [0.2, 0.25) is 0 Å². The first-order chi connectivity index (χ1) is 18.3. The summed E-state index contributed by atoms with van der Waals surface area (Å²) in [5.74, 6) is 2.90. The molecule has 38 heavy (non-hydrogen) atoms. The van der Waals surface area contributed by atoms with Crippen molar-refractivity contribution in [1.29, 1.82) is 0 Å². The molecule has 0 aromatic heterocycles. The molecule has 4 nitrogen and oxygen atoms in total. The maximum Gasteiger partial charge on any atom is 0.343 e. The number of esters is 1. The standard InChI is InChI=1S/C34H42O4/c1-32-17-15-24(20-23(32)10-11-26-27-12-13-29(35)33(27,2)18-16-28(26)32)38-31(36)34(37-3)19-14-22-9-8-21-6-4-5-7-25(21)30(22)34/h4-9,23-24,26-28H,10-20H2,1-3H3/t23-,24-,26-,27-,28-,32-,33-,34+/m0/s1. The highest BCUT2D eigenvalue weighted by molar-refractivity contribution is 5.95. The van der Waals surface area contributed by atoms with Crippen molar-refractivity contribution in [3.8, 4) is 0 Å². The number of hydrogen-bond donors (Lipinski definition) is 0. The summed E-state index contributed by atoms with van der Waals surface area (Å²) in [5.41, 5.74) is 1.44. The van der Waals surface area contributed by atoms with E-state index in [1.54, 1.807) is 7.11 Å². The number of Topliss-reactive ketones (excluding diaryl/α,β-unsaturated/α-hetero) is 1. The van der Waals surface area contributed by atoms with E-state index in [1.165, 1.54) is 24.8 Å². The van der Waals surface area contributed by atoms with Gasteiger partial charge in [0.05, 0.1) is 0 Å². The molecule has 4 saturated carbocycles. The van der Waals surface area contributed by atoms with Crippen molar-refractivity contribution >= 4 is 22.5 Å². The summed E-state index contributed by atoms with van der Waals surface area (Å²) < 4.78 is 12.5. The number of hydrogen-bond acceptors (Lipinski definition) is 4. The summed E-state index contributed by atoms with van der Waals surface area (Å²) in [6.45, 7) is 4.80. The third-order valence-corrected chi connectivity index (χ3v) is 12.4. The highest BCUT2D eigenvalue weighted by Gasteiger charge is 2.60. The van der Waals surface area contributed by atoms with Crippen molar-refractivity contribution in [3.63, 3.8) is 0 Å². The molecule has 0 N–H and O–H groups in total. The van der Waals surface area contributed by atoms with Gasteiger partial charge in [0, 0.05) is 24.5 Å². The molecule has 0 bridgehead atoms. The normalized spacial score (nSPS) is 41.8. The smallest absolute Gasteiger partial charge is 0.343 e. The Morgan fingerprint density at radius 3 is 2.58 bits per heavy atom. The number of carbonyl (C=O) groups excluding carboxylic acids is 2. The Kier molecular flexibility index (Phi) is 5.65. The number of benzene rings is 2. The highest BCUT2D eigenvalue weighted by atomic mass is 16.6. The molecule has 7 rings (SSSR count). The van der Waals surface area contributed by atoms with Gasteiger partial charge in [-0.15, -0.1) is 0 Å². The van der Waals surface area contributed by atoms with Crippen molar-refractivity contribution < 1.29 is 19.1 Å². The summed E-state index contributed by atoms with van der Waals surface area (Å²) >= 11 is 0. The zero-order valence-electron chi connectivity index (χ0n) is 23.3. The van der Waals surface area contributed by atoms with Crippen LogP contribution < -0.4 is 0 Å². The van der Waals surface area contributed by atoms with Gasteiger partial charge in [0.15, 0.2) is 5.60 Å². The minimum Gasteiger partial charge on any atom is -0.460 e. The highest BCUT2D eigenvalue weighted by Crippen LogP contribution is 2.65. The molecule has 0 unspecified atom stereocenters.